The van der Waals surface area contributed by atoms with Crippen molar-refractivity contribution in [3.63, 3.8) is 0 Å². The van der Waals surface area contributed by atoms with E-state index in [0.717, 1.165) is 54.3 Å². The van der Waals surface area contributed by atoms with Gasteiger partial charge in [-0.05, 0) is 49.4 Å². The third-order valence-electron chi connectivity index (χ3n) is 5.74. The first-order valence-corrected chi connectivity index (χ1v) is 11.0. The Morgan fingerprint density at radius 2 is 1.78 bits per heavy atom. The standard InChI is InChI=1S/C25H24N2O5/c28-23(26-16-10-11-21-22(14-16)31-13-5-12-30-21)15-32-25(29)24-17-6-1-3-8-19(17)27-20-9-4-2-7-18(20)24/h1,3,6,8,10-11,14H,2,4-5,7,9,12-13,15H2,(H,26,28). The molecule has 1 amide bonds. The van der Waals surface area contributed by atoms with Crippen LogP contribution in [0.3, 0.4) is 0 Å². The zero-order valence-corrected chi connectivity index (χ0v) is 17.7. The van der Waals surface area contributed by atoms with Gasteiger partial charge in [0.1, 0.15) is 0 Å². The summed E-state index contributed by atoms with van der Waals surface area (Å²) in [4.78, 5) is 30.3. The van der Waals surface area contributed by atoms with Gasteiger partial charge in [0.15, 0.2) is 18.1 Å². The zero-order valence-electron chi connectivity index (χ0n) is 17.7. The molecule has 164 valence electrons. The van der Waals surface area contributed by atoms with Crippen LogP contribution >= 0.6 is 0 Å². The molecule has 1 N–H and O–H groups in total. The van der Waals surface area contributed by atoms with Crippen LogP contribution in [0.2, 0.25) is 0 Å². The molecular weight excluding hydrogens is 408 g/mol. The summed E-state index contributed by atoms with van der Waals surface area (Å²) in [6, 6.07) is 12.8. The van der Waals surface area contributed by atoms with E-state index in [-0.39, 0.29) is 6.61 Å². The summed E-state index contributed by atoms with van der Waals surface area (Å²) in [5, 5.41) is 3.52. The Labute approximate surface area is 185 Å². The van der Waals surface area contributed by atoms with Gasteiger partial charge in [-0.25, -0.2) is 4.79 Å². The number of fused-ring (bicyclic) bond motifs is 3. The molecule has 5 rings (SSSR count). The quantitative estimate of drug-likeness (QED) is 0.626. The van der Waals surface area contributed by atoms with Crippen LogP contribution in [-0.2, 0) is 22.4 Å². The predicted octanol–water partition coefficient (Wildman–Crippen LogP) is 4.07. The summed E-state index contributed by atoms with van der Waals surface area (Å²) in [5.41, 5.74) is 3.77. The maximum atomic E-state index is 13.1. The average Bonchev–Trinajstić information content (AvgIpc) is 3.06. The first-order chi connectivity index (χ1) is 15.7. The van der Waals surface area contributed by atoms with Gasteiger partial charge in [-0.1, -0.05) is 18.2 Å². The monoisotopic (exact) mass is 432 g/mol. The topological polar surface area (TPSA) is 86.8 Å². The van der Waals surface area contributed by atoms with Gasteiger partial charge in [-0.3, -0.25) is 9.78 Å². The Morgan fingerprint density at radius 1 is 0.969 bits per heavy atom. The number of hydrogen-bond acceptors (Lipinski definition) is 6. The SMILES string of the molecule is O=C(COC(=O)c1c2c(nc3ccccc13)CCCC2)Nc1ccc2c(c1)OCCCO2. The van der Waals surface area contributed by atoms with Crippen molar-refractivity contribution >= 4 is 28.5 Å². The highest BCUT2D eigenvalue weighted by atomic mass is 16.5. The smallest absolute Gasteiger partial charge is 0.339 e. The second kappa shape index (κ2) is 8.86. The summed E-state index contributed by atoms with van der Waals surface area (Å²) in [7, 11) is 0. The fraction of sp³-hybridized carbons (Fsp3) is 0.320. The minimum absolute atomic E-state index is 0.376. The lowest BCUT2D eigenvalue weighted by Gasteiger charge is -2.20. The lowest BCUT2D eigenvalue weighted by atomic mass is 9.90. The van der Waals surface area contributed by atoms with E-state index in [4.69, 9.17) is 19.2 Å². The molecule has 0 atom stereocenters. The van der Waals surface area contributed by atoms with E-state index in [9.17, 15) is 9.59 Å². The number of carbonyl (C=O) groups excluding carboxylic acids is 2. The van der Waals surface area contributed by atoms with Crippen molar-refractivity contribution in [1.82, 2.24) is 4.98 Å². The van der Waals surface area contributed by atoms with Crippen molar-refractivity contribution in [2.45, 2.75) is 32.1 Å². The molecule has 0 saturated heterocycles. The molecule has 0 fully saturated rings. The molecule has 3 aromatic rings. The van der Waals surface area contributed by atoms with Gasteiger partial charge in [0, 0.05) is 29.3 Å². The lowest BCUT2D eigenvalue weighted by molar-refractivity contribution is -0.119. The minimum Gasteiger partial charge on any atom is -0.490 e. The van der Waals surface area contributed by atoms with Gasteiger partial charge in [0.25, 0.3) is 5.91 Å². The highest BCUT2D eigenvalue weighted by molar-refractivity contribution is 6.06. The van der Waals surface area contributed by atoms with Gasteiger partial charge in [-0.15, -0.1) is 0 Å². The molecule has 32 heavy (non-hydrogen) atoms. The Bertz CT molecular complexity index is 1190. The van der Waals surface area contributed by atoms with Crippen molar-refractivity contribution < 1.29 is 23.8 Å². The van der Waals surface area contributed by atoms with Crippen LogP contribution in [0.1, 0.15) is 40.9 Å². The van der Waals surface area contributed by atoms with E-state index >= 15 is 0 Å². The average molecular weight is 432 g/mol. The number of anilines is 1. The van der Waals surface area contributed by atoms with E-state index in [0.29, 0.717) is 36.0 Å². The molecule has 2 aliphatic rings. The lowest BCUT2D eigenvalue weighted by Crippen LogP contribution is -2.22. The van der Waals surface area contributed by atoms with Gasteiger partial charge in [0.05, 0.1) is 24.3 Å². The third-order valence-corrected chi connectivity index (χ3v) is 5.74. The molecule has 2 heterocycles. The van der Waals surface area contributed by atoms with E-state index in [2.05, 4.69) is 5.32 Å². The summed E-state index contributed by atoms with van der Waals surface area (Å²) in [5.74, 6) is 0.337. The van der Waals surface area contributed by atoms with Crippen LogP contribution < -0.4 is 14.8 Å². The number of benzene rings is 2. The molecule has 0 bridgehead atoms. The number of hydrogen-bond donors (Lipinski definition) is 1. The number of rotatable bonds is 4. The molecular formula is C25H24N2O5. The Morgan fingerprint density at radius 3 is 2.69 bits per heavy atom. The number of carbonyl (C=O) groups is 2. The Balaban J connectivity index is 1.31. The molecule has 0 spiro atoms. The third kappa shape index (κ3) is 4.10. The van der Waals surface area contributed by atoms with Crippen LogP contribution in [0, 0.1) is 0 Å². The molecule has 1 aliphatic carbocycles. The summed E-state index contributed by atoms with van der Waals surface area (Å²) >= 11 is 0. The maximum absolute atomic E-state index is 13.1. The highest BCUT2D eigenvalue weighted by Crippen LogP contribution is 2.32. The van der Waals surface area contributed by atoms with Crippen molar-refractivity contribution in [1.29, 1.82) is 0 Å². The van der Waals surface area contributed by atoms with Gasteiger partial charge < -0.3 is 19.5 Å². The van der Waals surface area contributed by atoms with Crippen molar-refractivity contribution in [3.05, 3.63) is 59.3 Å². The highest BCUT2D eigenvalue weighted by Gasteiger charge is 2.24. The molecule has 7 heteroatoms. The van der Waals surface area contributed by atoms with E-state index < -0.39 is 11.9 Å². The second-order valence-electron chi connectivity index (χ2n) is 7.97. The molecule has 1 aliphatic heterocycles. The number of ether oxygens (including phenoxy) is 3. The van der Waals surface area contributed by atoms with Crippen molar-refractivity contribution in [2.75, 3.05) is 25.1 Å². The van der Waals surface area contributed by atoms with Gasteiger partial charge >= 0.3 is 5.97 Å². The molecule has 2 aromatic carbocycles. The fourth-order valence-electron chi connectivity index (χ4n) is 4.25. The van der Waals surface area contributed by atoms with Crippen LogP contribution in [0.5, 0.6) is 11.5 Å². The summed E-state index contributed by atoms with van der Waals surface area (Å²) < 4.78 is 16.7. The van der Waals surface area contributed by atoms with Gasteiger partial charge in [-0.2, -0.15) is 0 Å². The largest absolute Gasteiger partial charge is 0.490 e. The molecule has 1 aromatic heterocycles. The zero-order chi connectivity index (χ0) is 21.9. The van der Waals surface area contributed by atoms with E-state index in [1.54, 1.807) is 18.2 Å². The van der Waals surface area contributed by atoms with Crippen LogP contribution in [0.15, 0.2) is 42.5 Å². The molecule has 7 nitrogen and oxygen atoms in total. The number of pyridine rings is 1. The second-order valence-corrected chi connectivity index (χ2v) is 7.97. The Kier molecular flexibility index (Phi) is 5.62. The number of amides is 1. The van der Waals surface area contributed by atoms with Crippen molar-refractivity contribution in [2.24, 2.45) is 0 Å². The summed E-state index contributed by atoms with van der Waals surface area (Å²) in [6.45, 7) is 0.785. The van der Waals surface area contributed by atoms with Gasteiger partial charge in [0.2, 0.25) is 0 Å². The molecule has 0 radical (unpaired) electrons. The number of esters is 1. The number of aromatic nitrogens is 1. The van der Waals surface area contributed by atoms with E-state index in [1.165, 1.54) is 0 Å². The minimum atomic E-state index is -0.490. The van der Waals surface area contributed by atoms with Crippen LogP contribution in [0.4, 0.5) is 5.69 Å². The molecule has 0 unspecified atom stereocenters. The van der Waals surface area contributed by atoms with Crippen LogP contribution in [-0.4, -0.2) is 36.7 Å². The number of para-hydroxylation sites is 1. The molecule has 0 saturated carbocycles. The van der Waals surface area contributed by atoms with E-state index in [1.807, 2.05) is 24.3 Å². The first-order valence-electron chi connectivity index (χ1n) is 11.0. The summed E-state index contributed by atoms with van der Waals surface area (Å²) in [6.07, 6.45) is 4.52. The number of nitrogens with one attached hydrogen (secondary N) is 1. The normalized spacial score (nSPS) is 14.9. The predicted molar refractivity (Wildman–Crippen MR) is 119 cm³/mol. The maximum Gasteiger partial charge on any atom is 0.339 e. The van der Waals surface area contributed by atoms with Crippen LogP contribution in [0.25, 0.3) is 10.9 Å². The van der Waals surface area contributed by atoms with Crippen molar-refractivity contribution in [3.8, 4) is 11.5 Å². The number of nitrogens with zero attached hydrogens (tertiary/aromatic N) is 1. The number of aryl methyl sites for hydroxylation is 1. The Hall–Kier alpha value is -3.61. The first kappa shape index (κ1) is 20.3. The fourth-order valence-corrected chi connectivity index (χ4v) is 4.25.